The van der Waals surface area contributed by atoms with Crippen molar-refractivity contribution in [3.05, 3.63) is 72.3 Å². The van der Waals surface area contributed by atoms with Gasteiger partial charge in [0.2, 0.25) is 5.91 Å². The predicted octanol–water partition coefficient (Wildman–Crippen LogP) is 3.96. The van der Waals surface area contributed by atoms with Gasteiger partial charge in [-0.15, -0.1) is 0 Å². The van der Waals surface area contributed by atoms with Crippen LogP contribution in [-0.2, 0) is 18.9 Å². The number of carbonyl (C=O) groups excluding carboxylic acids is 1. The van der Waals surface area contributed by atoms with Crippen LogP contribution in [0.15, 0.2) is 55.1 Å². The number of aromatic nitrogens is 6. The van der Waals surface area contributed by atoms with Gasteiger partial charge in [-0.3, -0.25) is 14.2 Å². The normalized spacial score (nSPS) is 12.3. The smallest absolute Gasteiger partial charge is 0.224 e. The summed E-state index contributed by atoms with van der Waals surface area (Å²) in [5.74, 6) is -2.61. The van der Waals surface area contributed by atoms with Gasteiger partial charge in [-0.05, 0) is 42.8 Å². The molecule has 8 nitrogen and oxygen atoms in total. The van der Waals surface area contributed by atoms with E-state index in [-0.39, 0.29) is 11.3 Å². The molecule has 1 unspecified atom stereocenters. The summed E-state index contributed by atoms with van der Waals surface area (Å²) >= 11 is 0. The fourth-order valence-corrected chi connectivity index (χ4v) is 4.20. The van der Waals surface area contributed by atoms with Crippen molar-refractivity contribution in [1.82, 2.24) is 29.5 Å². The van der Waals surface area contributed by atoms with Gasteiger partial charge >= 0.3 is 0 Å². The lowest BCUT2D eigenvalue weighted by molar-refractivity contribution is -0.119. The lowest BCUT2D eigenvalue weighted by Gasteiger charge is -2.15. The first-order valence-corrected chi connectivity index (χ1v) is 10.8. The topological polar surface area (TPSA) is 105 Å². The number of hydrogen-bond acceptors (Lipinski definition) is 5. The Balaban J connectivity index is 1.80. The Bertz CT molecular complexity index is 1580. The summed E-state index contributed by atoms with van der Waals surface area (Å²) in [6.07, 6.45) is 4.83. The minimum Gasteiger partial charge on any atom is -0.369 e. The molecule has 0 aliphatic rings. The van der Waals surface area contributed by atoms with Crippen LogP contribution in [0.1, 0.15) is 18.4 Å². The van der Waals surface area contributed by atoms with Gasteiger partial charge in [-0.2, -0.15) is 10.2 Å². The van der Waals surface area contributed by atoms with Crippen molar-refractivity contribution in [2.45, 2.75) is 12.8 Å². The lowest BCUT2D eigenvalue weighted by Crippen LogP contribution is -2.19. The number of benzene rings is 2. The zero-order valence-electron chi connectivity index (χ0n) is 19.2. The maximum Gasteiger partial charge on any atom is 0.224 e. The largest absolute Gasteiger partial charge is 0.369 e. The average molecular weight is 473 g/mol. The third-order valence-electron chi connectivity index (χ3n) is 5.97. The molecule has 5 aromatic rings. The van der Waals surface area contributed by atoms with Crippen molar-refractivity contribution >= 4 is 16.8 Å². The molecule has 35 heavy (non-hydrogen) atoms. The Hall–Kier alpha value is -4.47. The first-order chi connectivity index (χ1) is 16.7. The molecule has 3 aromatic heterocycles. The number of nitrogens with two attached hydrogens (primary N) is 1. The maximum absolute atomic E-state index is 14.7. The minimum absolute atomic E-state index is 0.112. The maximum atomic E-state index is 14.7. The molecule has 176 valence electrons. The predicted molar refractivity (Wildman–Crippen MR) is 127 cm³/mol. The molecule has 1 atom stereocenters. The van der Waals surface area contributed by atoms with Crippen LogP contribution in [0.2, 0.25) is 0 Å². The quantitative estimate of drug-likeness (QED) is 0.416. The fourth-order valence-electron chi connectivity index (χ4n) is 4.20. The van der Waals surface area contributed by atoms with Crippen LogP contribution in [0.4, 0.5) is 8.78 Å². The Labute approximate surface area is 199 Å². The first kappa shape index (κ1) is 22.3. The summed E-state index contributed by atoms with van der Waals surface area (Å²) in [7, 11) is 3.46. The van der Waals surface area contributed by atoms with Gasteiger partial charge in [0.25, 0.3) is 0 Å². The number of carbonyl (C=O) groups is 1. The van der Waals surface area contributed by atoms with Crippen molar-refractivity contribution in [3.63, 3.8) is 0 Å². The summed E-state index contributed by atoms with van der Waals surface area (Å²) in [5, 5.41) is 9.39. The van der Waals surface area contributed by atoms with Crippen LogP contribution in [0, 0.1) is 11.6 Å². The zero-order chi connectivity index (χ0) is 24.9. The van der Waals surface area contributed by atoms with Gasteiger partial charge in [0.1, 0.15) is 23.7 Å². The number of aryl methyl sites for hydroxylation is 2. The van der Waals surface area contributed by atoms with Gasteiger partial charge in [0.15, 0.2) is 0 Å². The average Bonchev–Trinajstić information content (AvgIpc) is 3.42. The molecule has 3 heterocycles. The number of fused-ring (bicyclic) bond motifs is 1. The van der Waals surface area contributed by atoms with Gasteiger partial charge in [-0.25, -0.2) is 18.7 Å². The molecule has 0 bridgehead atoms. The third kappa shape index (κ3) is 3.82. The van der Waals surface area contributed by atoms with E-state index in [0.29, 0.717) is 39.0 Å². The van der Waals surface area contributed by atoms with E-state index in [1.807, 2.05) is 12.1 Å². The van der Waals surface area contributed by atoms with E-state index in [2.05, 4.69) is 20.2 Å². The minimum atomic E-state index is -0.733. The summed E-state index contributed by atoms with van der Waals surface area (Å²) < 4.78 is 32.5. The summed E-state index contributed by atoms with van der Waals surface area (Å²) in [4.78, 5) is 21.0. The van der Waals surface area contributed by atoms with Crippen molar-refractivity contribution < 1.29 is 13.6 Å². The molecule has 0 fully saturated rings. The Morgan fingerprint density at radius 3 is 2.37 bits per heavy atom. The fraction of sp³-hybridized carbons (Fsp3) is 0.160. The summed E-state index contributed by atoms with van der Waals surface area (Å²) in [6, 6.07) is 9.10. The van der Waals surface area contributed by atoms with Crippen LogP contribution in [-0.4, -0.2) is 35.4 Å². The second kappa shape index (κ2) is 8.39. The molecule has 2 N–H and O–H groups in total. The number of amides is 1. The second-order valence-corrected chi connectivity index (χ2v) is 8.34. The van der Waals surface area contributed by atoms with Crippen LogP contribution >= 0.6 is 0 Å². The van der Waals surface area contributed by atoms with Crippen molar-refractivity contribution in [2.75, 3.05) is 0 Å². The van der Waals surface area contributed by atoms with Crippen molar-refractivity contribution in [2.24, 2.45) is 19.8 Å². The van der Waals surface area contributed by atoms with Crippen molar-refractivity contribution in [3.8, 4) is 33.8 Å². The van der Waals surface area contributed by atoms with E-state index in [4.69, 9.17) is 5.73 Å². The molecular formula is C25H21F2N7O. The second-order valence-electron chi connectivity index (χ2n) is 8.34. The lowest BCUT2D eigenvalue weighted by atomic mass is 9.90. The van der Waals surface area contributed by atoms with Gasteiger partial charge < -0.3 is 5.73 Å². The highest BCUT2D eigenvalue weighted by atomic mass is 19.1. The molecule has 5 rings (SSSR count). The summed E-state index contributed by atoms with van der Waals surface area (Å²) in [5.41, 5.74) is 8.95. The highest BCUT2D eigenvalue weighted by Crippen LogP contribution is 2.39. The van der Waals surface area contributed by atoms with Gasteiger partial charge in [-0.1, -0.05) is 6.07 Å². The van der Waals surface area contributed by atoms with Gasteiger partial charge in [0, 0.05) is 43.0 Å². The molecule has 0 saturated heterocycles. The SMILES string of the molecule is CC(C(N)=O)c1cc2c(-c3cn(C)nc3-c3c(F)cccc3F)ncnc2cc1-c1ccn(C)n1. The molecule has 0 aliphatic heterocycles. The number of halogens is 2. The van der Waals surface area contributed by atoms with E-state index in [1.54, 1.807) is 44.2 Å². The van der Waals surface area contributed by atoms with E-state index in [1.165, 1.54) is 29.2 Å². The van der Waals surface area contributed by atoms with E-state index in [0.717, 1.165) is 0 Å². The Kier molecular flexibility index (Phi) is 5.35. The van der Waals surface area contributed by atoms with Crippen LogP contribution in [0.3, 0.4) is 0 Å². The summed E-state index contributed by atoms with van der Waals surface area (Å²) in [6.45, 7) is 1.71. The van der Waals surface area contributed by atoms with Gasteiger partial charge in [0.05, 0.1) is 28.4 Å². The van der Waals surface area contributed by atoms with Crippen molar-refractivity contribution in [1.29, 1.82) is 0 Å². The van der Waals surface area contributed by atoms with E-state index in [9.17, 15) is 13.6 Å². The molecule has 2 aromatic carbocycles. The molecule has 0 spiro atoms. The molecule has 0 saturated carbocycles. The number of primary amides is 1. The van der Waals surface area contributed by atoms with Crippen LogP contribution in [0.5, 0.6) is 0 Å². The first-order valence-electron chi connectivity index (χ1n) is 10.8. The molecule has 0 aliphatic carbocycles. The number of nitrogens with zero attached hydrogens (tertiary/aromatic N) is 6. The highest BCUT2D eigenvalue weighted by Gasteiger charge is 2.24. The highest BCUT2D eigenvalue weighted by molar-refractivity contribution is 5.99. The van der Waals surface area contributed by atoms with E-state index < -0.39 is 23.5 Å². The standard InChI is InChI=1S/C25H21F2N7O/c1-13(25(28)35)14-9-16-21(10-15(14)20-7-8-33(2)31-20)29-12-30-23(16)17-11-34(3)32-24(17)22-18(26)5-4-6-19(22)27/h4-13H,1-3H3,(H2,28,35). The number of hydrogen-bond donors (Lipinski definition) is 1. The third-order valence-corrected chi connectivity index (χ3v) is 5.97. The monoisotopic (exact) mass is 473 g/mol. The zero-order valence-corrected chi connectivity index (χ0v) is 19.2. The Morgan fingerprint density at radius 1 is 0.971 bits per heavy atom. The molecule has 10 heteroatoms. The molecular weight excluding hydrogens is 452 g/mol. The van der Waals surface area contributed by atoms with E-state index >= 15 is 0 Å². The molecule has 1 amide bonds. The Morgan fingerprint density at radius 2 is 1.71 bits per heavy atom. The number of rotatable bonds is 5. The van der Waals surface area contributed by atoms with Crippen LogP contribution < -0.4 is 5.73 Å². The molecule has 0 radical (unpaired) electrons. The van der Waals surface area contributed by atoms with Crippen LogP contribution in [0.25, 0.3) is 44.7 Å².